The first-order valence-electron chi connectivity index (χ1n) is 20.5. The average Bonchev–Trinajstić information content (AvgIpc) is 3.31. The van der Waals surface area contributed by atoms with Crippen molar-refractivity contribution in [1.29, 1.82) is 0 Å². The first-order chi connectivity index (χ1) is 29.5. The Balaban J connectivity index is 1.41. The average molecular weight is 781 g/mol. The molecule has 4 unspecified atom stereocenters. The van der Waals surface area contributed by atoms with Crippen molar-refractivity contribution in [3.05, 3.63) is 240 Å². The summed E-state index contributed by atoms with van der Waals surface area (Å²) in [5.41, 5.74) is 13.3. The van der Waals surface area contributed by atoms with Gasteiger partial charge < -0.3 is 9.47 Å². The van der Waals surface area contributed by atoms with Crippen molar-refractivity contribution in [2.24, 2.45) is 0 Å². The zero-order valence-corrected chi connectivity index (χ0v) is 33.6. The number of carbonyl (C=O) groups is 2. The summed E-state index contributed by atoms with van der Waals surface area (Å²) in [6, 6.07) is 68.5. The van der Waals surface area contributed by atoms with Crippen molar-refractivity contribution in [3.8, 4) is 44.5 Å². The monoisotopic (exact) mass is 780 g/mol. The molecular formula is C56H44O4. The van der Waals surface area contributed by atoms with E-state index in [0.717, 1.165) is 66.8 Å². The molecule has 0 N–H and O–H groups in total. The third-order valence-electron chi connectivity index (χ3n) is 11.9. The second-order valence-corrected chi connectivity index (χ2v) is 15.4. The largest absolute Gasteiger partial charge is 0.454 e. The van der Waals surface area contributed by atoms with Crippen molar-refractivity contribution in [3.63, 3.8) is 0 Å². The summed E-state index contributed by atoms with van der Waals surface area (Å²) in [5, 5.41) is 0. The highest BCUT2D eigenvalue weighted by Crippen LogP contribution is 2.55. The fraction of sp³-hybridized carbons (Fsp3) is 0.107. The molecule has 60 heavy (non-hydrogen) atoms. The molecule has 1 aliphatic rings. The second kappa shape index (κ2) is 16.9. The SMILES string of the molecule is Cc1c(-c2ccccc2)ccc(-c2ccccc2)c1C1c2c(-c3ccccc3)ccc(-c3ccccc3)c2C(C)C(OC(=O)c2ccccc2)C1OC(=O)c1ccccc1. The summed E-state index contributed by atoms with van der Waals surface area (Å²) in [6.45, 7) is 4.28. The van der Waals surface area contributed by atoms with Gasteiger partial charge in [0.2, 0.25) is 0 Å². The number of esters is 2. The number of hydrogen-bond acceptors (Lipinski definition) is 4. The van der Waals surface area contributed by atoms with Gasteiger partial charge >= 0.3 is 11.9 Å². The lowest BCUT2D eigenvalue weighted by Gasteiger charge is -2.45. The Kier molecular flexibility index (Phi) is 10.8. The molecule has 8 aromatic rings. The quantitative estimate of drug-likeness (QED) is 0.137. The molecule has 0 spiro atoms. The highest BCUT2D eigenvalue weighted by atomic mass is 16.6. The molecule has 8 aromatic carbocycles. The molecule has 0 aliphatic heterocycles. The van der Waals surface area contributed by atoms with Crippen LogP contribution in [0.15, 0.2) is 206 Å². The first kappa shape index (κ1) is 38.2. The summed E-state index contributed by atoms with van der Waals surface area (Å²) in [5.74, 6) is -1.97. The fourth-order valence-corrected chi connectivity index (χ4v) is 9.08. The van der Waals surface area contributed by atoms with Crippen molar-refractivity contribution in [1.82, 2.24) is 0 Å². The normalized spacial score (nSPS) is 17.0. The van der Waals surface area contributed by atoms with Crippen LogP contribution in [0.1, 0.15) is 61.7 Å². The smallest absolute Gasteiger partial charge is 0.338 e. The van der Waals surface area contributed by atoms with Crippen LogP contribution >= 0.6 is 0 Å². The number of carbonyl (C=O) groups excluding carboxylic acids is 2. The summed E-state index contributed by atoms with van der Waals surface area (Å²) < 4.78 is 13.7. The van der Waals surface area contributed by atoms with E-state index in [2.05, 4.69) is 135 Å². The maximum Gasteiger partial charge on any atom is 0.338 e. The van der Waals surface area contributed by atoms with Crippen LogP contribution in [0.3, 0.4) is 0 Å². The minimum atomic E-state index is -0.950. The van der Waals surface area contributed by atoms with Crippen molar-refractivity contribution < 1.29 is 19.1 Å². The van der Waals surface area contributed by atoms with Crippen LogP contribution < -0.4 is 0 Å². The van der Waals surface area contributed by atoms with E-state index < -0.39 is 36.0 Å². The standard InChI is InChI=1S/C56H44O4/c1-37-45(39-21-9-3-10-22-39)33-34-46(40-23-11-4-12-24-40)49(37)52-51-48(42-27-15-6-16-28-42)36-35-47(41-25-13-5-14-26-41)50(51)38(2)53(59-55(57)43-29-17-7-18-30-43)54(52)60-56(58)44-31-19-8-20-32-44/h3-36,38,52-54H,1-2H3. The van der Waals surface area contributed by atoms with E-state index in [0.29, 0.717) is 11.1 Å². The molecule has 4 atom stereocenters. The minimum absolute atomic E-state index is 0.408. The highest BCUT2D eigenvalue weighted by molar-refractivity contribution is 5.91. The number of hydrogen-bond donors (Lipinski definition) is 0. The lowest BCUT2D eigenvalue weighted by molar-refractivity contribution is -0.0530. The first-order valence-corrected chi connectivity index (χ1v) is 20.5. The van der Waals surface area contributed by atoms with Crippen LogP contribution in [0.4, 0.5) is 0 Å². The van der Waals surface area contributed by atoms with E-state index in [1.807, 2.05) is 60.7 Å². The zero-order chi connectivity index (χ0) is 41.0. The molecule has 0 radical (unpaired) electrons. The van der Waals surface area contributed by atoms with Crippen LogP contribution in [-0.4, -0.2) is 24.1 Å². The van der Waals surface area contributed by atoms with E-state index in [-0.39, 0.29) is 0 Å². The van der Waals surface area contributed by atoms with Gasteiger partial charge in [0.05, 0.1) is 17.0 Å². The summed E-state index contributed by atoms with van der Waals surface area (Å²) in [6.07, 6.45) is -1.84. The number of fused-ring (bicyclic) bond motifs is 1. The predicted octanol–water partition coefficient (Wildman–Crippen LogP) is 13.4. The van der Waals surface area contributed by atoms with Crippen molar-refractivity contribution >= 4 is 11.9 Å². The maximum atomic E-state index is 14.6. The number of rotatable bonds is 9. The Morgan fingerprint density at radius 1 is 0.367 bits per heavy atom. The molecule has 4 heteroatoms. The molecule has 9 rings (SSSR count). The van der Waals surface area contributed by atoms with Gasteiger partial charge in [0.1, 0.15) is 6.10 Å². The van der Waals surface area contributed by atoms with E-state index >= 15 is 0 Å². The second-order valence-electron chi connectivity index (χ2n) is 15.4. The molecule has 0 saturated carbocycles. The van der Waals surface area contributed by atoms with Gasteiger partial charge in [-0.15, -0.1) is 0 Å². The minimum Gasteiger partial charge on any atom is -0.454 e. The third kappa shape index (κ3) is 7.33. The summed E-state index contributed by atoms with van der Waals surface area (Å²) in [7, 11) is 0. The predicted molar refractivity (Wildman–Crippen MR) is 241 cm³/mol. The highest BCUT2D eigenvalue weighted by Gasteiger charge is 2.50. The molecular weight excluding hydrogens is 737 g/mol. The Bertz CT molecular complexity index is 2750. The van der Waals surface area contributed by atoms with Crippen molar-refractivity contribution in [2.45, 2.75) is 37.9 Å². The number of ether oxygens (including phenoxy) is 2. The van der Waals surface area contributed by atoms with E-state index in [9.17, 15) is 9.59 Å². The Morgan fingerprint density at radius 2 is 0.683 bits per heavy atom. The molecule has 0 aromatic heterocycles. The summed E-state index contributed by atoms with van der Waals surface area (Å²) in [4.78, 5) is 29.0. The van der Waals surface area contributed by atoms with Gasteiger partial charge in [-0.05, 0) is 98.0 Å². The van der Waals surface area contributed by atoms with Gasteiger partial charge in [-0.1, -0.05) is 189 Å². The molecule has 1 aliphatic carbocycles. The van der Waals surface area contributed by atoms with E-state index in [1.165, 1.54) is 0 Å². The summed E-state index contributed by atoms with van der Waals surface area (Å²) >= 11 is 0. The van der Waals surface area contributed by atoms with Gasteiger partial charge in [-0.3, -0.25) is 0 Å². The van der Waals surface area contributed by atoms with Crippen LogP contribution in [0.25, 0.3) is 44.5 Å². The zero-order valence-electron chi connectivity index (χ0n) is 33.6. The van der Waals surface area contributed by atoms with Crippen LogP contribution in [0.5, 0.6) is 0 Å². The van der Waals surface area contributed by atoms with E-state index in [1.54, 1.807) is 24.3 Å². The van der Waals surface area contributed by atoms with Gasteiger partial charge in [0, 0.05) is 5.92 Å². The topological polar surface area (TPSA) is 52.6 Å². The molecule has 0 saturated heterocycles. The molecule has 0 amide bonds. The van der Waals surface area contributed by atoms with Gasteiger partial charge in [0.25, 0.3) is 0 Å². The van der Waals surface area contributed by atoms with Gasteiger partial charge in [-0.2, -0.15) is 0 Å². The Labute approximate surface area is 351 Å². The molecule has 0 bridgehead atoms. The van der Waals surface area contributed by atoms with E-state index in [4.69, 9.17) is 9.47 Å². The van der Waals surface area contributed by atoms with Crippen LogP contribution in [0.2, 0.25) is 0 Å². The lowest BCUT2D eigenvalue weighted by Crippen LogP contribution is -2.47. The fourth-order valence-electron chi connectivity index (χ4n) is 9.08. The Morgan fingerprint density at radius 3 is 1.10 bits per heavy atom. The van der Waals surface area contributed by atoms with Crippen LogP contribution in [0, 0.1) is 6.92 Å². The number of benzene rings is 8. The molecule has 0 fully saturated rings. The molecule has 0 heterocycles. The maximum absolute atomic E-state index is 14.6. The van der Waals surface area contributed by atoms with Crippen molar-refractivity contribution in [2.75, 3.05) is 0 Å². The van der Waals surface area contributed by atoms with Gasteiger partial charge in [-0.25, -0.2) is 9.59 Å². The molecule has 4 nitrogen and oxygen atoms in total. The molecule has 292 valence electrons. The van der Waals surface area contributed by atoms with Crippen LogP contribution in [-0.2, 0) is 9.47 Å². The third-order valence-corrected chi connectivity index (χ3v) is 11.9. The Hall–Kier alpha value is -7.30. The lowest BCUT2D eigenvalue weighted by atomic mass is 9.65. The van der Waals surface area contributed by atoms with Gasteiger partial charge in [0.15, 0.2) is 6.10 Å².